The molecule has 0 saturated carbocycles. The molecule has 1 aromatic heterocycles. The number of hydrogen-bond acceptors (Lipinski definition) is 8. The third kappa shape index (κ3) is 6.21. The van der Waals surface area contributed by atoms with E-state index in [1.807, 2.05) is 37.3 Å². The number of fused-ring (bicyclic) bond motifs is 3. The van der Waals surface area contributed by atoms with Crippen molar-refractivity contribution in [3.05, 3.63) is 122 Å². The third-order valence-electron chi connectivity index (χ3n) is 8.08. The van der Waals surface area contributed by atoms with Crippen molar-refractivity contribution in [2.45, 2.75) is 37.8 Å². The Kier molecular flexibility index (Phi) is 8.95. The van der Waals surface area contributed by atoms with Crippen LogP contribution in [0.25, 0.3) is 10.9 Å². The van der Waals surface area contributed by atoms with E-state index in [0.29, 0.717) is 45.0 Å². The van der Waals surface area contributed by atoms with Crippen molar-refractivity contribution in [1.29, 1.82) is 0 Å². The summed E-state index contributed by atoms with van der Waals surface area (Å²) in [5.74, 6) is -3.94. The van der Waals surface area contributed by atoms with Gasteiger partial charge in [0, 0.05) is 36.1 Å². The standard InChI is InChI=1S/C34H28Cl3N3O5/c1-20(22-11-12-24(35)25(36)18-22)17-29(38-19-28(41)21-7-3-2-4-8-21)40-16-15-27-32(33(37)23-9-5-6-10-26(23)39-27)34(40)44-30(42)13-14-31(43)45-34/h2-14,18,20,29,38H,15-17,19H2,1H3. The van der Waals surface area contributed by atoms with E-state index in [2.05, 4.69) is 5.32 Å². The number of carbonyl (C=O) groups is 3. The van der Waals surface area contributed by atoms with E-state index in [1.54, 1.807) is 47.4 Å². The number of para-hydroxylation sites is 1. The Labute approximate surface area is 274 Å². The normalized spacial score (nSPS) is 17.3. The SMILES string of the molecule is CC(CC(NCC(=O)c1ccccc1)N1CCc2nc3ccccc3c(Cl)c2C12OC(=O)C=CC(=O)O2)c1ccc(Cl)c(Cl)c1. The van der Waals surface area contributed by atoms with Gasteiger partial charge in [-0.15, -0.1) is 0 Å². The average Bonchev–Trinajstić information content (AvgIpc) is 3.18. The van der Waals surface area contributed by atoms with Gasteiger partial charge < -0.3 is 9.47 Å². The maximum absolute atomic E-state index is 13.3. The molecule has 0 amide bonds. The van der Waals surface area contributed by atoms with Crippen molar-refractivity contribution in [1.82, 2.24) is 15.2 Å². The molecule has 3 aromatic carbocycles. The van der Waals surface area contributed by atoms with E-state index in [9.17, 15) is 14.4 Å². The summed E-state index contributed by atoms with van der Waals surface area (Å²) >= 11 is 19.6. The molecule has 11 heteroatoms. The molecule has 2 unspecified atom stereocenters. The Morgan fingerprint density at radius 2 is 1.64 bits per heavy atom. The summed E-state index contributed by atoms with van der Waals surface area (Å²) in [5, 5.41) is 5.08. The van der Waals surface area contributed by atoms with E-state index < -0.39 is 24.0 Å². The number of pyridine rings is 1. The molecule has 45 heavy (non-hydrogen) atoms. The fourth-order valence-corrected chi connectivity index (χ4v) is 6.56. The second-order valence-corrected chi connectivity index (χ2v) is 12.2. The average molecular weight is 665 g/mol. The van der Waals surface area contributed by atoms with Crippen molar-refractivity contribution in [2.24, 2.45) is 0 Å². The topological polar surface area (TPSA) is 97.8 Å². The first-order chi connectivity index (χ1) is 21.7. The fourth-order valence-electron chi connectivity index (χ4n) is 5.86. The van der Waals surface area contributed by atoms with E-state index in [4.69, 9.17) is 49.3 Å². The number of halogens is 3. The predicted molar refractivity (Wildman–Crippen MR) is 172 cm³/mol. The molecule has 230 valence electrons. The lowest BCUT2D eigenvalue weighted by Gasteiger charge is -2.48. The lowest BCUT2D eigenvalue weighted by Crippen LogP contribution is -2.63. The zero-order chi connectivity index (χ0) is 31.7. The van der Waals surface area contributed by atoms with Crippen LogP contribution in [-0.4, -0.2) is 46.9 Å². The number of esters is 2. The van der Waals surface area contributed by atoms with Crippen LogP contribution in [0.2, 0.25) is 15.1 Å². The van der Waals surface area contributed by atoms with Gasteiger partial charge in [0.1, 0.15) is 0 Å². The minimum Gasteiger partial charge on any atom is -0.401 e. The quantitative estimate of drug-likeness (QED) is 0.162. The number of Topliss-reactive ketones (excluding diaryl/α,β-unsaturated/α-hetero) is 1. The van der Waals surface area contributed by atoms with E-state index in [1.165, 1.54) is 0 Å². The van der Waals surface area contributed by atoms with Crippen molar-refractivity contribution < 1.29 is 23.9 Å². The number of hydrogen-bond donors (Lipinski definition) is 1. The van der Waals surface area contributed by atoms with Gasteiger partial charge in [-0.1, -0.05) is 96.3 Å². The maximum atomic E-state index is 13.3. The fraction of sp³-hybridized carbons (Fsp3) is 0.235. The van der Waals surface area contributed by atoms with E-state index in [-0.39, 0.29) is 35.4 Å². The summed E-state index contributed by atoms with van der Waals surface area (Å²) in [6.45, 7) is 2.21. The number of aromatic nitrogens is 1. The van der Waals surface area contributed by atoms with Crippen LogP contribution < -0.4 is 5.32 Å². The first-order valence-corrected chi connectivity index (χ1v) is 15.5. The summed E-state index contributed by atoms with van der Waals surface area (Å²) in [6, 6.07) is 21.6. The molecule has 0 aliphatic carbocycles. The summed E-state index contributed by atoms with van der Waals surface area (Å²) < 4.78 is 12.1. The molecule has 8 nitrogen and oxygen atoms in total. The van der Waals surface area contributed by atoms with Crippen LogP contribution in [0.4, 0.5) is 0 Å². The van der Waals surface area contributed by atoms with Crippen LogP contribution in [0.15, 0.2) is 84.9 Å². The molecule has 0 bridgehead atoms. The zero-order valence-electron chi connectivity index (χ0n) is 24.1. The molecule has 2 aliphatic rings. The molecular weight excluding hydrogens is 637 g/mol. The first kappa shape index (κ1) is 31.2. The second kappa shape index (κ2) is 12.9. The minimum atomic E-state index is -2.08. The highest BCUT2D eigenvalue weighted by atomic mass is 35.5. The van der Waals surface area contributed by atoms with Gasteiger partial charge in [0.2, 0.25) is 0 Å². The van der Waals surface area contributed by atoms with Gasteiger partial charge in [0.15, 0.2) is 5.78 Å². The van der Waals surface area contributed by atoms with Crippen molar-refractivity contribution in [2.75, 3.05) is 13.1 Å². The van der Waals surface area contributed by atoms with Crippen molar-refractivity contribution >= 4 is 63.4 Å². The lowest BCUT2D eigenvalue weighted by atomic mass is 9.92. The van der Waals surface area contributed by atoms with E-state index in [0.717, 1.165) is 17.7 Å². The van der Waals surface area contributed by atoms with Gasteiger partial charge in [0.25, 0.3) is 0 Å². The van der Waals surface area contributed by atoms with Crippen LogP contribution in [0, 0.1) is 0 Å². The first-order valence-electron chi connectivity index (χ1n) is 14.4. The van der Waals surface area contributed by atoms with Gasteiger partial charge in [-0.3, -0.25) is 15.1 Å². The van der Waals surface area contributed by atoms with Gasteiger partial charge in [-0.25, -0.2) is 14.5 Å². The number of benzene rings is 3. The Bertz CT molecular complexity index is 1810. The van der Waals surface area contributed by atoms with Crippen molar-refractivity contribution in [3.63, 3.8) is 0 Å². The van der Waals surface area contributed by atoms with Gasteiger partial charge in [-0.2, -0.15) is 0 Å². The summed E-state index contributed by atoms with van der Waals surface area (Å²) in [5.41, 5.74) is 2.90. The number of carbonyl (C=O) groups excluding carboxylic acids is 3. The highest BCUT2D eigenvalue weighted by Gasteiger charge is 2.55. The summed E-state index contributed by atoms with van der Waals surface area (Å²) in [7, 11) is 0. The van der Waals surface area contributed by atoms with Gasteiger partial charge in [-0.05, 0) is 36.1 Å². The molecule has 1 spiro atoms. The third-order valence-corrected chi connectivity index (χ3v) is 9.21. The largest absolute Gasteiger partial charge is 0.401 e. The molecule has 2 aliphatic heterocycles. The van der Waals surface area contributed by atoms with Crippen LogP contribution in [-0.2, 0) is 31.4 Å². The van der Waals surface area contributed by atoms with Crippen LogP contribution in [0.5, 0.6) is 0 Å². The summed E-state index contributed by atoms with van der Waals surface area (Å²) in [4.78, 5) is 46.0. The Morgan fingerprint density at radius 1 is 0.956 bits per heavy atom. The zero-order valence-corrected chi connectivity index (χ0v) is 26.4. The lowest BCUT2D eigenvalue weighted by molar-refractivity contribution is -0.306. The molecule has 0 radical (unpaired) electrons. The van der Waals surface area contributed by atoms with E-state index >= 15 is 0 Å². The Hall–Kier alpha value is -3.79. The molecule has 2 atom stereocenters. The Balaban J connectivity index is 1.46. The second-order valence-electron chi connectivity index (χ2n) is 11.0. The van der Waals surface area contributed by atoms with Crippen LogP contribution in [0.3, 0.4) is 0 Å². The van der Waals surface area contributed by atoms with Crippen molar-refractivity contribution in [3.8, 4) is 0 Å². The molecular formula is C34H28Cl3N3O5. The smallest absolute Gasteiger partial charge is 0.354 e. The van der Waals surface area contributed by atoms with Crippen LogP contribution >= 0.6 is 34.8 Å². The number of nitrogens with zero attached hydrogens (tertiary/aromatic N) is 2. The summed E-state index contributed by atoms with van der Waals surface area (Å²) in [6.07, 6.45) is 2.16. The molecule has 0 saturated heterocycles. The molecule has 1 N–H and O–H groups in total. The van der Waals surface area contributed by atoms with Crippen LogP contribution in [0.1, 0.15) is 46.4 Å². The predicted octanol–water partition coefficient (Wildman–Crippen LogP) is 6.81. The number of rotatable bonds is 8. The highest BCUT2D eigenvalue weighted by Crippen LogP contribution is 2.46. The Morgan fingerprint density at radius 3 is 2.36 bits per heavy atom. The van der Waals surface area contributed by atoms with Gasteiger partial charge in [0.05, 0.1) is 44.6 Å². The maximum Gasteiger partial charge on any atom is 0.354 e. The minimum absolute atomic E-state index is 0.0495. The number of ketones is 1. The molecule has 6 rings (SSSR count). The molecule has 0 fully saturated rings. The molecule has 3 heterocycles. The number of nitrogens with one attached hydrogen (secondary N) is 1. The molecule has 4 aromatic rings. The highest BCUT2D eigenvalue weighted by molar-refractivity contribution is 6.42. The van der Waals surface area contributed by atoms with Gasteiger partial charge >= 0.3 is 17.8 Å². The number of ether oxygens (including phenoxy) is 2. The monoisotopic (exact) mass is 663 g/mol.